The summed E-state index contributed by atoms with van der Waals surface area (Å²) in [6, 6.07) is -0.974. The SMILES string of the molecule is CC(NC1=C(c2cc(F)c(O)cc2F)C=NC2=NC=N[N+]21Cl)C(F)(F)F. The van der Waals surface area contributed by atoms with Crippen molar-refractivity contribution in [3.8, 4) is 5.75 Å². The Bertz CT molecular complexity index is 894. The summed E-state index contributed by atoms with van der Waals surface area (Å²) in [5.41, 5.74) is -0.731. The van der Waals surface area contributed by atoms with E-state index in [2.05, 4.69) is 20.4 Å². The van der Waals surface area contributed by atoms with Crippen LogP contribution in [0.25, 0.3) is 5.57 Å². The van der Waals surface area contributed by atoms with E-state index in [1.165, 1.54) is 0 Å². The molecule has 0 aliphatic carbocycles. The lowest BCUT2D eigenvalue weighted by Gasteiger charge is -2.28. The topological polar surface area (TPSA) is 69.3 Å². The second kappa shape index (κ2) is 6.02. The summed E-state index contributed by atoms with van der Waals surface area (Å²) >= 11 is 6.24. The molecule has 1 aromatic carbocycles. The molecule has 0 saturated carbocycles. The highest BCUT2D eigenvalue weighted by Gasteiger charge is 2.50. The summed E-state index contributed by atoms with van der Waals surface area (Å²) in [4.78, 5) is 7.58. The Morgan fingerprint density at radius 1 is 1.23 bits per heavy atom. The number of halogens is 6. The summed E-state index contributed by atoms with van der Waals surface area (Å²) in [5, 5.41) is 15.1. The van der Waals surface area contributed by atoms with Gasteiger partial charge in [0.15, 0.2) is 17.9 Å². The van der Waals surface area contributed by atoms with Gasteiger partial charge in [0.25, 0.3) is 5.82 Å². The fourth-order valence-corrected chi connectivity index (χ4v) is 2.54. The maximum absolute atomic E-state index is 14.2. The number of hydrogen-bond donors (Lipinski definition) is 2. The zero-order valence-electron chi connectivity index (χ0n) is 12.9. The molecule has 2 unspecified atom stereocenters. The first-order chi connectivity index (χ1) is 12.0. The van der Waals surface area contributed by atoms with Crippen LogP contribution < -0.4 is 5.32 Å². The van der Waals surface area contributed by atoms with Crippen LogP contribution in [0.3, 0.4) is 0 Å². The molecule has 0 saturated heterocycles. The van der Waals surface area contributed by atoms with Crippen molar-refractivity contribution in [2.24, 2.45) is 15.1 Å². The molecule has 0 fully saturated rings. The van der Waals surface area contributed by atoms with Crippen molar-refractivity contribution in [2.45, 2.75) is 19.1 Å². The molecule has 26 heavy (non-hydrogen) atoms. The van der Waals surface area contributed by atoms with Gasteiger partial charge < -0.3 is 10.4 Å². The number of nitrogens with zero attached hydrogens (tertiary/aromatic N) is 4. The number of quaternary nitrogens is 1. The number of aromatic hydroxyl groups is 1. The number of rotatable bonds is 3. The van der Waals surface area contributed by atoms with Crippen LogP contribution in [0.1, 0.15) is 12.5 Å². The number of nitrogens with one attached hydrogen (secondary N) is 1. The minimum absolute atomic E-state index is 0.174. The van der Waals surface area contributed by atoms with Crippen molar-refractivity contribution in [3.63, 3.8) is 0 Å². The van der Waals surface area contributed by atoms with E-state index in [1.807, 2.05) is 0 Å². The first kappa shape index (κ1) is 18.3. The van der Waals surface area contributed by atoms with E-state index in [4.69, 9.17) is 11.8 Å². The van der Waals surface area contributed by atoms with Crippen molar-refractivity contribution < 1.29 is 31.2 Å². The molecule has 138 valence electrons. The molecule has 2 N–H and O–H groups in total. The summed E-state index contributed by atoms with van der Waals surface area (Å²) in [6.07, 6.45) is -2.68. The van der Waals surface area contributed by atoms with E-state index in [9.17, 15) is 27.1 Å². The molecule has 1 aromatic rings. The van der Waals surface area contributed by atoms with Crippen LogP contribution in [0, 0.1) is 11.6 Å². The van der Waals surface area contributed by atoms with Gasteiger partial charge in [-0.2, -0.15) is 23.2 Å². The Kier molecular flexibility index (Phi) is 4.23. The zero-order chi connectivity index (χ0) is 19.3. The highest BCUT2D eigenvalue weighted by molar-refractivity contribution is 6.22. The number of phenols is 1. The Balaban J connectivity index is 2.20. The first-order valence-electron chi connectivity index (χ1n) is 7.05. The van der Waals surface area contributed by atoms with E-state index in [-0.39, 0.29) is 11.5 Å². The molecule has 2 heterocycles. The van der Waals surface area contributed by atoms with Crippen molar-refractivity contribution in [1.29, 1.82) is 0 Å². The first-order valence-corrected chi connectivity index (χ1v) is 7.39. The molecule has 2 aliphatic heterocycles. The highest BCUT2D eigenvalue weighted by Crippen LogP contribution is 2.37. The molecule has 2 aliphatic rings. The average molecular weight is 395 g/mol. The van der Waals surface area contributed by atoms with Crippen LogP contribution in [-0.2, 0) is 0 Å². The van der Waals surface area contributed by atoms with Crippen molar-refractivity contribution in [2.75, 3.05) is 0 Å². The number of phenolic OH excluding ortho intramolecular Hbond substituents is 1. The van der Waals surface area contributed by atoms with Crippen LogP contribution in [0.15, 0.2) is 33.0 Å². The normalized spacial score (nSPS) is 23.1. The molecule has 0 spiro atoms. The molecular formula is C14H10ClF5N5O+. The zero-order valence-corrected chi connectivity index (χ0v) is 13.6. The minimum Gasteiger partial charge on any atom is -0.505 e. The third-order valence-corrected chi connectivity index (χ3v) is 4.09. The van der Waals surface area contributed by atoms with Crippen molar-refractivity contribution in [1.82, 2.24) is 5.32 Å². The van der Waals surface area contributed by atoms with Crippen LogP contribution in [0.4, 0.5) is 22.0 Å². The van der Waals surface area contributed by atoms with Crippen LogP contribution in [0.5, 0.6) is 5.75 Å². The van der Waals surface area contributed by atoms with Gasteiger partial charge in [0.2, 0.25) is 11.8 Å². The largest absolute Gasteiger partial charge is 0.505 e. The summed E-state index contributed by atoms with van der Waals surface area (Å²) in [5.74, 6) is -3.80. The highest BCUT2D eigenvalue weighted by atomic mass is 35.5. The molecule has 0 aromatic heterocycles. The molecule has 2 atom stereocenters. The Labute approximate surface area is 148 Å². The van der Waals surface area contributed by atoms with E-state index in [1.54, 1.807) is 0 Å². The predicted octanol–water partition coefficient (Wildman–Crippen LogP) is 3.25. The van der Waals surface area contributed by atoms with Gasteiger partial charge in [0.05, 0.1) is 11.8 Å². The third kappa shape index (κ3) is 2.92. The minimum atomic E-state index is -4.65. The van der Waals surface area contributed by atoms with Crippen molar-refractivity contribution in [3.05, 3.63) is 35.2 Å². The second-order valence-corrected chi connectivity index (χ2v) is 5.92. The fraction of sp³-hybridized carbons (Fsp3) is 0.214. The molecule has 0 bridgehead atoms. The van der Waals surface area contributed by atoms with E-state index >= 15 is 0 Å². The maximum atomic E-state index is 14.2. The van der Waals surface area contributed by atoms with Gasteiger partial charge in [-0.1, -0.05) is 0 Å². The number of fused-ring (bicyclic) bond motifs is 1. The Morgan fingerprint density at radius 3 is 2.58 bits per heavy atom. The molecule has 3 rings (SSSR count). The van der Waals surface area contributed by atoms with Gasteiger partial charge in [-0.05, 0) is 18.1 Å². The van der Waals surface area contributed by atoms with Crippen LogP contribution >= 0.6 is 11.8 Å². The summed E-state index contributed by atoms with van der Waals surface area (Å²) < 4.78 is 65.8. The van der Waals surface area contributed by atoms with Gasteiger partial charge in [0, 0.05) is 15.7 Å². The standard InChI is InChI=1S/C14H9ClF5N5O/c1-6(14(18,19)20)24-12-8(4-21-13-22-5-23-25(12,13)15)7-2-10(17)11(26)3-9(7)16/h2-6H,1H3,(H-,21,22,23,24,26)/p+1. The van der Waals surface area contributed by atoms with Gasteiger partial charge in [0.1, 0.15) is 11.9 Å². The van der Waals surface area contributed by atoms with E-state index < -0.39 is 45.1 Å². The van der Waals surface area contributed by atoms with Crippen LogP contribution in [-0.4, -0.2) is 39.9 Å². The summed E-state index contributed by atoms with van der Waals surface area (Å²) in [6.45, 7) is 0.823. The number of allylic oxidation sites excluding steroid dienone is 1. The Hall–Kier alpha value is -2.53. The van der Waals surface area contributed by atoms with Crippen LogP contribution in [0.2, 0.25) is 0 Å². The molecule has 0 radical (unpaired) electrons. The predicted molar refractivity (Wildman–Crippen MR) is 84.1 cm³/mol. The van der Waals surface area contributed by atoms with Gasteiger partial charge in [-0.3, -0.25) is 0 Å². The maximum Gasteiger partial charge on any atom is 0.408 e. The van der Waals surface area contributed by atoms with E-state index in [0.717, 1.165) is 19.5 Å². The molecule has 0 amide bonds. The van der Waals surface area contributed by atoms with Crippen molar-refractivity contribution >= 4 is 35.9 Å². The average Bonchev–Trinajstić information content (AvgIpc) is 2.93. The van der Waals surface area contributed by atoms with Gasteiger partial charge in [-0.25, -0.2) is 8.78 Å². The lowest BCUT2D eigenvalue weighted by atomic mass is 10.0. The van der Waals surface area contributed by atoms with E-state index in [0.29, 0.717) is 12.1 Å². The Morgan fingerprint density at radius 2 is 1.92 bits per heavy atom. The number of hydrogen-bond acceptors (Lipinski definition) is 5. The quantitative estimate of drug-likeness (QED) is 0.610. The number of aliphatic imine (C=N–C) groups is 2. The van der Waals surface area contributed by atoms with Gasteiger partial charge >= 0.3 is 12.1 Å². The smallest absolute Gasteiger partial charge is 0.408 e. The number of guanidine groups is 1. The third-order valence-electron chi connectivity index (χ3n) is 3.68. The lowest BCUT2D eigenvalue weighted by Crippen LogP contribution is -2.50. The molecule has 12 heteroatoms. The fourth-order valence-electron chi connectivity index (χ4n) is 2.28. The monoisotopic (exact) mass is 394 g/mol. The molecular weight excluding hydrogens is 385 g/mol. The molecule has 6 nitrogen and oxygen atoms in total. The second-order valence-electron chi connectivity index (χ2n) is 5.43. The number of benzene rings is 1. The lowest BCUT2D eigenvalue weighted by molar-refractivity contribution is -0.684. The van der Waals surface area contributed by atoms with Gasteiger partial charge in [-0.15, -0.1) is 0 Å². The summed E-state index contributed by atoms with van der Waals surface area (Å²) in [7, 11) is 0. The number of alkyl halides is 3.